The molecule has 2 aliphatic rings. The van der Waals surface area contributed by atoms with Crippen LogP contribution in [0, 0.1) is 0 Å². The van der Waals surface area contributed by atoms with Crippen molar-refractivity contribution in [2.75, 3.05) is 12.8 Å². The number of carbonyl (C=O) groups excluding carboxylic acids is 2. The molecule has 0 radical (unpaired) electrons. The molecule has 2 unspecified atom stereocenters. The molecule has 1 N–H and O–H groups in total. The van der Waals surface area contributed by atoms with E-state index < -0.39 is 5.54 Å². The van der Waals surface area contributed by atoms with Crippen LogP contribution in [0.5, 0.6) is 0 Å². The van der Waals surface area contributed by atoms with E-state index in [1.165, 1.54) is 0 Å². The first-order valence-electron chi connectivity index (χ1n) is 6.10. The Morgan fingerprint density at radius 2 is 2.06 bits per heavy atom. The molecule has 2 rings (SSSR count). The van der Waals surface area contributed by atoms with E-state index >= 15 is 0 Å². The third-order valence-electron chi connectivity index (χ3n) is 3.68. The quantitative estimate of drug-likeness (QED) is 0.802. The number of piperazine rings is 1. The molecule has 0 spiro atoms. The molecule has 1 aliphatic heterocycles. The van der Waals surface area contributed by atoms with E-state index in [9.17, 15) is 9.59 Å². The Morgan fingerprint density at radius 1 is 1.35 bits per heavy atom. The predicted octanol–water partition coefficient (Wildman–Crippen LogP) is 1.01. The molecular formula is C12H20N2O2S. The standard InChI is InChI=1S/C12H20N2O2S/c1-12(2)11(16)14(7-10(15)13-12)8-5-4-6-9(8)17-3/h8-9H,4-7H2,1-3H3,(H,13,15). The summed E-state index contributed by atoms with van der Waals surface area (Å²) in [5.74, 6) is 0.0180. The Balaban J connectivity index is 2.19. The van der Waals surface area contributed by atoms with Crippen LogP contribution in [0.1, 0.15) is 33.1 Å². The van der Waals surface area contributed by atoms with Crippen molar-refractivity contribution < 1.29 is 9.59 Å². The van der Waals surface area contributed by atoms with Crippen LogP contribution >= 0.6 is 11.8 Å². The van der Waals surface area contributed by atoms with Crippen molar-refractivity contribution in [3.63, 3.8) is 0 Å². The fraction of sp³-hybridized carbons (Fsp3) is 0.833. The first-order chi connectivity index (χ1) is 7.95. The van der Waals surface area contributed by atoms with Gasteiger partial charge in [-0.1, -0.05) is 6.42 Å². The minimum Gasteiger partial charge on any atom is -0.341 e. The van der Waals surface area contributed by atoms with Crippen LogP contribution < -0.4 is 5.32 Å². The molecule has 0 aromatic carbocycles. The van der Waals surface area contributed by atoms with Gasteiger partial charge in [-0.2, -0.15) is 11.8 Å². The Hall–Kier alpha value is -0.710. The van der Waals surface area contributed by atoms with Crippen LogP contribution in [-0.4, -0.2) is 46.3 Å². The fourth-order valence-electron chi connectivity index (χ4n) is 2.83. The summed E-state index contributed by atoms with van der Waals surface area (Å²) in [5, 5.41) is 3.24. The maximum atomic E-state index is 12.3. The van der Waals surface area contributed by atoms with Gasteiger partial charge in [0.2, 0.25) is 11.8 Å². The van der Waals surface area contributed by atoms with E-state index in [1.807, 2.05) is 11.8 Å². The van der Waals surface area contributed by atoms with Gasteiger partial charge in [0, 0.05) is 11.3 Å². The molecule has 4 nitrogen and oxygen atoms in total. The number of carbonyl (C=O) groups is 2. The fourth-order valence-corrected chi connectivity index (χ4v) is 3.83. The smallest absolute Gasteiger partial charge is 0.248 e. The molecule has 0 aromatic rings. The van der Waals surface area contributed by atoms with Crippen LogP contribution in [0.25, 0.3) is 0 Å². The van der Waals surface area contributed by atoms with Gasteiger partial charge in [0.05, 0.1) is 6.54 Å². The molecular weight excluding hydrogens is 236 g/mol. The van der Waals surface area contributed by atoms with Gasteiger partial charge in [-0.25, -0.2) is 0 Å². The second-order valence-corrected chi connectivity index (χ2v) is 6.46. The van der Waals surface area contributed by atoms with Crippen LogP contribution in [0.3, 0.4) is 0 Å². The highest BCUT2D eigenvalue weighted by Crippen LogP contribution is 2.33. The van der Waals surface area contributed by atoms with Gasteiger partial charge in [-0.05, 0) is 32.9 Å². The molecule has 17 heavy (non-hydrogen) atoms. The maximum Gasteiger partial charge on any atom is 0.248 e. The molecule has 96 valence electrons. The van der Waals surface area contributed by atoms with E-state index in [1.54, 1.807) is 18.7 Å². The van der Waals surface area contributed by atoms with Gasteiger partial charge in [-0.15, -0.1) is 0 Å². The molecule has 1 heterocycles. The van der Waals surface area contributed by atoms with Crippen LogP contribution in [0.4, 0.5) is 0 Å². The highest BCUT2D eigenvalue weighted by Gasteiger charge is 2.44. The molecule has 0 aromatic heterocycles. The molecule has 2 fully saturated rings. The molecule has 1 saturated carbocycles. The Morgan fingerprint density at radius 3 is 2.71 bits per heavy atom. The van der Waals surface area contributed by atoms with Crippen LogP contribution in [-0.2, 0) is 9.59 Å². The second-order valence-electron chi connectivity index (χ2n) is 5.38. The molecule has 1 saturated heterocycles. The van der Waals surface area contributed by atoms with Crippen molar-refractivity contribution in [2.45, 2.75) is 49.9 Å². The molecule has 1 aliphatic carbocycles. The van der Waals surface area contributed by atoms with E-state index in [0.29, 0.717) is 5.25 Å². The minimum atomic E-state index is -0.749. The summed E-state index contributed by atoms with van der Waals surface area (Å²) < 4.78 is 0. The minimum absolute atomic E-state index is 0.0404. The van der Waals surface area contributed by atoms with Gasteiger partial charge < -0.3 is 10.2 Å². The molecule has 2 amide bonds. The van der Waals surface area contributed by atoms with Crippen molar-refractivity contribution >= 4 is 23.6 Å². The van der Waals surface area contributed by atoms with Gasteiger partial charge in [0.15, 0.2) is 0 Å². The number of thioether (sulfide) groups is 1. The summed E-state index contributed by atoms with van der Waals surface area (Å²) in [7, 11) is 0. The van der Waals surface area contributed by atoms with Crippen molar-refractivity contribution in [3.8, 4) is 0 Å². The lowest BCUT2D eigenvalue weighted by Crippen LogP contribution is -2.66. The summed E-state index contributed by atoms with van der Waals surface area (Å²) >= 11 is 1.81. The third-order valence-corrected chi connectivity index (χ3v) is 4.84. The highest BCUT2D eigenvalue weighted by molar-refractivity contribution is 7.99. The van der Waals surface area contributed by atoms with Gasteiger partial charge >= 0.3 is 0 Å². The largest absolute Gasteiger partial charge is 0.341 e. The van der Waals surface area contributed by atoms with Crippen molar-refractivity contribution in [2.24, 2.45) is 0 Å². The van der Waals surface area contributed by atoms with Crippen molar-refractivity contribution in [1.29, 1.82) is 0 Å². The summed E-state index contributed by atoms with van der Waals surface area (Å²) in [6, 6.07) is 0.239. The number of rotatable bonds is 2. The summed E-state index contributed by atoms with van der Waals surface area (Å²) in [5.41, 5.74) is -0.749. The average Bonchev–Trinajstić information content (AvgIpc) is 2.70. The van der Waals surface area contributed by atoms with Gasteiger partial charge in [-0.3, -0.25) is 9.59 Å². The first kappa shape index (κ1) is 12.7. The van der Waals surface area contributed by atoms with Crippen LogP contribution in [0.2, 0.25) is 0 Å². The normalized spacial score (nSPS) is 32.8. The number of hydrogen-bond donors (Lipinski definition) is 1. The number of nitrogens with one attached hydrogen (secondary N) is 1. The van der Waals surface area contributed by atoms with Crippen molar-refractivity contribution in [3.05, 3.63) is 0 Å². The van der Waals surface area contributed by atoms with Crippen molar-refractivity contribution in [1.82, 2.24) is 10.2 Å². The summed E-state index contributed by atoms with van der Waals surface area (Å²) in [4.78, 5) is 25.8. The van der Waals surface area contributed by atoms with Crippen LogP contribution in [0.15, 0.2) is 0 Å². The van der Waals surface area contributed by atoms with E-state index in [2.05, 4.69) is 11.6 Å². The summed E-state index contributed by atoms with van der Waals surface area (Å²) in [6.45, 7) is 3.79. The Kier molecular flexibility index (Phi) is 3.39. The Labute approximate surface area is 106 Å². The average molecular weight is 256 g/mol. The topological polar surface area (TPSA) is 49.4 Å². The Bertz CT molecular complexity index is 343. The lowest BCUT2D eigenvalue weighted by Gasteiger charge is -2.42. The maximum absolute atomic E-state index is 12.3. The SMILES string of the molecule is CSC1CCCC1N1CC(=O)NC(C)(C)C1=O. The highest BCUT2D eigenvalue weighted by atomic mass is 32.2. The second kappa shape index (κ2) is 4.52. The monoisotopic (exact) mass is 256 g/mol. The van der Waals surface area contributed by atoms with E-state index in [-0.39, 0.29) is 24.4 Å². The molecule has 5 heteroatoms. The van der Waals surface area contributed by atoms with Gasteiger partial charge in [0.25, 0.3) is 0 Å². The zero-order chi connectivity index (χ0) is 12.6. The molecule has 2 atom stereocenters. The van der Waals surface area contributed by atoms with Gasteiger partial charge in [0.1, 0.15) is 5.54 Å². The van der Waals surface area contributed by atoms with E-state index in [4.69, 9.17) is 0 Å². The van der Waals surface area contributed by atoms with E-state index in [0.717, 1.165) is 19.3 Å². The summed E-state index contributed by atoms with van der Waals surface area (Å²) in [6.07, 6.45) is 5.42. The number of amides is 2. The third kappa shape index (κ3) is 2.30. The predicted molar refractivity (Wildman–Crippen MR) is 68.9 cm³/mol. The number of nitrogens with zero attached hydrogens (tertiary/aromatic N) is 1. The zero-order valence-electron chi connectivity index (χ0n) is 10.7. The zero-order valence-corrected chi connectivity index (χ0v) is 11.5. The lowest BCUT2D eigenvalue weighted by molar-refractivity contribution is -0.150. The molecule has 0 bridgehead atoms. The number of hydrogen-bond acceptors (Lipinski definition) is 3. The lowest BCUT2D eigenvalue weighted by atomic mass is 9.98. The first-order valence-corrected chi connectivity index (χ1v) is 7.39.